The maximum absolute atomic E-state index is 10.3. The second-order valence-corrected chi connectivity index (χ2v) is 3.37. The van der Waals surface area contributed by atoms with Crippen molar-refractivity contribution < 1.29 is 19.6 Å². The van der Waals surface area contributed by atoms with Gasteiger partial charge in [0, 0.05) is 0 Å². The van der Waals surface area contributed by atoms with Crippen LogP contribution in [0.2, 0.25) is 0 Å². The van der Waals surface area contributed by atoms with Gasteiger partial charge in [-0.15, -0.1) is 0 Å². The van der Waals surface area contributed by atoms with Gasteiger partial charge in [0.05, 0.1) is 5.38 Å². The summed E-state index contributed by atoms with van der Waals surface area (Å²) in [5, 5.41) is 20.1. The number of aromatic nitrogens is 1. The van der Waals surface area contributed by atoms with Crippen molar-refractivity contribution in [2.24, 2.45) is 0 Å². The number of aliphatic hydroxyl groups excluding tert-OH is 1. The van der Waals surface area contributed by atoms with Crippen LogP contribution in [0, 0.1) is 0 Å². The van der Waals surface area contributed by atoms with Crippen molar-refractivity contribution in [2.75, 3.05) is 0 Å². The second kappa shape index (κ2) is 3.64. The quantitative estimate of drug-likeness (QED) is 0.665. The van der Waals surface area contributed by atoms with Crippen LogP contribution in [0.3, 0.4) is 0 Å². The third kappa shape index (κ3) is 2.02. The van der Waals surface area contributed by atoms with Gasteiger partial charge < -0.3 is 10.2 Å². The Morgan fingerprint density at radius 1 is 1.83 bits per heavy atom. The van der Waals surface area contributed by atoms with E-state index < -0.39 is 12.1 Å². The lowest BCUT2D eigenvalue weighted by atomic mass is 10.4. The zero-order valence-electron chi connectivity index (χ0n) is 6.60. The lowest BCUT2D eigenvalue weighted by molar-refractivity contribution is -0.691. The summed E-state index contributed by atoms with van der Waals surface area (Å²) < 4.78 is 1.53. The Morgan fingerprint density at radius 2 is 2.50 bits per heavy atom. The number of aliphatic hydroxyl groups is 1. The van der Waals surface area contributed by atoms with E-state index in [1.807, 2.05) is 0 Å². The van der Waals surface area contributed by atoms with E-state index in [1.54, 1.807) is 18.5 Å². The highest BCUT2D eigenvalue weighted by molar-refractivity contribution is 7.09. The standard InChI is InChI=1S/C7H9NO3S/c1-5(9)7-8(2-3-12-7)4-6(10)11/h2-3,5,9H,4H2,1H3/p+1. The highest BCUT2D eigenvalue weighted by Gasteiger charge is 2.19. The molecule has 66 valence electrons. The molecule has 2 N–H and O–H groups in total. The predicted molar refractivity (Wildman–Crippen MR) is 42.8 cm³/mol. The Bertz CT molecular complexity index is 282. The van der Waals surface area contributed by atoms with Crippen LogP contribution in [0.4, 0.5) is 0 Å². The largest absolute Gasteiger partial charge is 0.477 e. The average Bonchev–Trinajstić information content (AvgIpc) is 2.33. The fourth-order valence-corrected chi connectivity index (χ4v) is 1.73. The molecule has 0 bridgehead atoms. The van der Waals surface area contributed by atoms with E-state index >= 15 is 0 Å². The highest BCUT2D eigenvalue weighted by atomic mass is 32.1. The van der Waals surface area contributed by atoms with E-state index in [1.165, 1.54) is 15.9 Å². The maximum atomic E-state index is 10.3. The van der Waals surface area contributed by atoms with Gasteiger partial charge in [-0.1, -0.05) is 11.3 Å². The van der Waals surface area contributed by atoms with Gasteiger partial charge in [-0.2, -0.15) is 4.57 Å². The molecule has 4 nitrogen and oxygen atoms in total. The van der Waals surface area contributed by atoms with E-state index in [9.17, 15) is 9.90 Å². The molecule has 0 spiro atoms. The normalized spacial score (nSPS) is 12.8. The molecule has 0 aliphatic rings. The molecule has 1 atom stereocenters. The molecule has 0 aromatic carbocycles. The Kier molecular flexibility index (Phi) is 2.78. The number of carboxylic acids is 1. The van der Waals surface area contributed by atoms with Gasteiger partial charge in [-0.05, 0) is 6.92 Å². The monoisotopic (exact) mass is 188 g/mol. The summed E-state index contributed by atoms with van der Waals surface area (Å²) in [6.07, 6.45) is 1.05. The average molecular weight is 188 g/mol. The predicted octanol–water partition coefficient (Wildman–Crippen LogP) is 0.174. The summed E-state index contributed by atoms with van der Waals surface area (Å²) in [4.78, 5) is 10.3. The molecular weight excluding hydrogens is 178 g/mol. The third-order valence-corrected chi connectivity index (χ3v) is 2.45. The SMILES string of the molecule is CC(O)c1scc[n+]1CC(=O)O. The minimum absolute atomic E-state index is 0.0935. The first-order valence-electron chi connectivity index (χ1n) is 3.48. The number of hydrogen-bond acceptors (Lipinski definition) is 3. The molecule has 1 unspecified atom stereocenters. The van der Waals surface area contributed by atoms with Gasteiger partial charge >= 0.3 is 5.97 Å². The first-order chi connectivity index (χ1) is 5.61. The Morgan fingerprint density at radius 3 is 3.00 bits per heavy atom. The van der Waals surface area contributed by atoms with Gasteiger partial charge in [-0.3, -0.25) is 0 Å². The Balaban J connectivity index is 2.84. The summed E-state index contributed by atoms with van der Waals surface area (Å²) in [5.74, 6) is -0.903. The summed E-state index contributed by atoms with van der Waals surface area (Å²) in [7, 11) is 0. The van der Waals surface area contributed by atoms with E-state index in [0.717, 1.165) is 0 Å². The molecule has 1 aromatic rings. The van der Waals surface area contributed by atoms with Crippen molar-refractivity contribution in [3.05, 3.63) is 16.6 Å². The van der Waals surface area contributed by atoms with Gasteiger partial charge in [0.15, 0.2) is 6.20 Å². The van der Waals surface area contributed by atoms with Gasteiger partial charge in [0.25, 0.3) is 5.01 Å². The van der Waals surface area contributed by atoms with Crippen molar-refractivity contribution in [1.29, 1.82) is 0 Å². The molecule has 0 amide bonds. The van der Waals surface area contributed by atoms with Crippen LogP contribution in [0.25, 0.3) is 0 Å². The van der Waals surface area contributed by atoms with Crippen LogP contribution in [0.15, 0.2) is 11.6 Å². The smallest absolute Gasteiger partial charge is 0.370 e. The minimum atomic E-state index is -0.903. The number of rotatable bonds is 3. The topological polar surface area (TPSA) is 61.4 Å². The molecular formula is C7H10NO3S+. The number of carboxylic acid groups (broad SMARTS) is 1. The van der Waals surface area contributed by atoms with Crippen molar-refractivity contribution in [2.45, 2.75) is 19.6 Å². The molecule has 0 aliphatic heterocycles. The van der Waals surface area contributed by atoms with Crippen molar-refractivity contribution in [1.82, 2.24) is 0 Å². The van der Waals surface area contributed by atoms with Gasteiger partial charge in [0.1, 0.15) is 6.10 Å². The second-order valence-electron chi connectivity index (χ2n) is 2.44. The first-order valence-corrected chi connectivity index (χ1v) is 4.36. The fraction of sp³-hybridized carbons (Fsp3) is 0.429. The van der Waals surface area contributed by atoms with Crippen molar-refractivity contribution >= 4 is 17.3 Å². The summed E-state index contributed by atoms with van der Waals surface area (Å²) in [6.45, 7) is 1.52. The number of hydrogen-bond donors (Lipinski definition) is 2. The number of nitrogens with zero attached hydrogens (tertiary/aromatic N) is 1. The van der Waals surface area contributed by atoms with E-state index in [-0.39, 0.29) is 6.54 Å². The summed E-state index contributed by atoms with van der Waals surface area (Å²) in [5.41, 5.74) is 0. The molecule has 12 heavy (non-hydrogen) atoms. The number of carbonyl (C=O) groups is 1. The molecule has 0 fully saturated rings. The minimum Gasteiger partial charge on any atom is -0.477 e. The Labute approximate surface area is 73.7 Å². The summed E-state index contributed by atoms with van der Waals surface area (Å²) >= 11 is 1.35. The van der Waals surface area contributed by atoms with Gasteiger partial charge in [-0.25, -0.2) is 4.79 Å². The van der Waals surface area contributed by atoms with Crippen LogP contribution in [0.1, 0.15) is 18.0 Å². The van der Waals surface area contributed by atoms with Crippen molar-refractivity contribution in [3.63, 3.8) is 0 Å². The number of thiazole rings is 1. The third-order valence-electron chi connectivity index (χ3n) is 1.38. The maximum Gasteiger partial charge on any atom is 0.370 e. The highest BCUT2D eigenvalue weighted by Crippen LogP contribution is 2.12. The first kappa shape index (κ1) is 9.15. The van der Waals surface area contributed by atoms with Gasteiger partial charge in [0.2, 0.25) is 6.54 Å². The van der Waals surface area contributed by atoms with Crippen LogP contribution >= 0.6 is 11.3 Å². The molecule has 0 aliphatic carbocycles. The molecule has 1 aromatic heterocycles. The van der Waals surface area contributed by atoms with Crippen LogP contribution < -0.4 is 4.57 Å². The molecule has 1 rings (SSSR count). The lowest BCUT2D eigenvalue weighted by Crippen LogP contribution is -2.39. The fourth-order valence-electron chi connectivity index (χ4n) is 0.930. The number of aliphatic carboxylic acids is 1. The molecule has 5 heteroatoms. The Hall–Kier alpha value is -0.940. The van der Waals surface area contributed by atoms with Crippen LogP contribution in [-0.2, 0) is 11.3 Å². The molecule has 0 saturated heterocycles. The van der Waals surface area contributed by atoms with Crippen molar-refractivity contribution in [3.8, 4) is 0 Å². The molecule has 0 radical (unpaired) electrons. The molecule has 1 heterocycles. The van der Waals surface area contributed by atoms with Crippen LogP contribution in [0.5, 0.6) is 0 Å². The zero-order valence-corrected chi connectivity index (χ0v) is 7.41. The zero-order chi connectivity index (χ0) is 9.14. The lowest BCUT2D eigenvalue weighted by Gasteiger charge is -1.96. The van der Waals surface area contributed by atoms with E-state index in [4.69, 9.17) is 5.11 Å². The van der Waals surface area contributed by atoms with E-state index in [0.29, 0.717) is 5.01 Å². The summed E-state index contributed by atoms with van der Waals surface area (Å²) in [6, 6.07) is 0. The van der Waals surface area contributed by atoms with Crippen LogP contribution in [-0.4, -0.2) is 16.2 Å². The van der Waals surface area contributed by atoms with E-state index in [2.05, 4.69) is 0 Å². The molecule has 0 saturated carbocycles.